The Balaban J connectivity index is 1.77. The van der Waals surface area contributed by atoms with Crippen LogP contribution >= 0.6 is 0 Å². The van der Waals surface area contributed by atoms with Gasteiger partial charge >= 0.3 is 0 Å². The highest BCUT2D eigenvalue weighted by Gasteiger charge is 2.41. The van der Waals surface area contributed by atoms with E-state index in [0.29, 0.717) is 19.5 Å². The lowest BCUT2D eigenvalue weighted by Crippen LogP contribution is -2.54. The highest BCUT2D eigenvalue weighted by Crippen LogP contribution is 2.28. The molecule has 2 amide bonds. The van der Waals surface area contributed by atoms with Gasteiger partial charge in [0.05, 0.1) is 0 Å². The first-order valence-electron chi connectivity index (χ1n) is 8.38. The molecule has 0 bridgehead atoms. The molecule has 0 spiro atoms. The molecule has 2 aliphatic rings. The Labute approximate surface area is 137 Å². The molecule has 2 fully saturated rings. The van der Waals surface area contributed by atoms with Gasteiger partial charge in [-0.15, -0.1) is 0 Å². The van der Waals surface area contributed by atoms with Crippen molar-refractivity contribution in [1.82, 2.24) is 10.2 Å². The smallest absolute Gasteiger partial charge is 0.239 e. The second kappa shape index (κ2) is 6.32. The van der Waals surface area contributed by atoms with Crippen LogP contribution in [0.2, 0.25) is 0 Å². The molecule has 0 radical (unpaired) electrons. The van der Waals surface area contributed by atoms with Crippen LogP contribution in [0.4, 0.5) is 5.69 Å². The summed E-state index contributed by atoms with van der Waals surface area (Å²) in [4.78, 5) is 29.2. The maximum Gasteiger partial charge on any atom is 0.239 e. The van der Waals surface area contributed by atoms with Crippen molar-refractivity contribution < 1.29 is 9.59 Å². The van der Waals surface area contributed by atoms with Crippen molar-refractivity contribution in [2.45, 2.75) is 33.2 Å². The van der Waals surface area contributed by atoms with Crippen LogP contribution in [0.15, 0.2) is 18.2 Å². The van der Waals surface area contributed by atoms with E-state index in [4.69, 9.17) is 0 Å². The average molecular weight is 315 g/mol. The van der Waals surface area contributed by atoms with Gasteiger partial charge in [-0.05, 0) is 50.5 Å². The summed E-state index contributed by atoms with van der Waals surface area (Å²) in [5, 5.41) is 3.28. The predicted molar refractivity (Wildman–Crippen MR) is 90.4 cm³/mol. The Morgan fingerprint density at radius 2 is 1.87 bits per heavy atom. The molecule has 3 rings (SSSR count). The number of hydrogen-bond acceptors (Lipinski definition) is 3. The number of carbonyl (C=O) groups excluding carboxylic acids is 2. The molecule has 5 heteroatoms. The highest BCUT2D eigenvalue weighted by atomic mass is 16.2. The molecule has 5 nitrogen and oxygen atoms in total. The maximum absolute atomic E-state index is 12.8. The Morgan fingerprint density at radius 3 is 2.52 bits per heavy atom. The van der Waals surface area contributed by atoms with Crippen LogP contribution < -0.4 is 10.2 Å². The molecule has 1 unspecified atom stereocenters. The summed E-state index contributed by atoms with van der Waals surface area (Å²) in [7, 11) is 0. The van der Waals surface area contributed by atoms with Gasteiger partial charge < -0.3 is 15.1 Å². The summed E-state index contributed by atoms with van der Waals surface area (Å²) in [5.74, 6) is -0.571. The van der Waals surface area contributed by atoms with Crippen molar-refractivity contribution in [1.29, 1.82) is 0 Å². The van der Waals surface area contributed by atoms with Crippen molar-refractivity contribution >= 4 is 17.5 Å². The first-order chi connectivity index (χ1) is 11.0. The van der Waals surface area contributed by atoms with E-state index in [0.717, 1.165) is 29.9 Å². The normalized spacial score (nSPS) is 25.1. The number of rotatable bonds is 2. The molecule has 2 saturated heterocycles. The van der Waals surface area contributed by atoms with Gasteiger partial charge in [0.15, 0.2) is 0 Å². The first kappa shape index (κ1) is 16.0. The number of piperazine rings is 1. The van der Waals surface area contributed by atoms with Crippen LogP contribution in [0.1, 0.15) is 24.5 Å². The molecular weight excluding hydrogens is 290 g/mol. The summed E-state index contributed by atoms with van der Waals surface area (Å²) in [5.41, 5.74) is 3.19. The summed E-state index contributed by atoms with van der Waals surface area (Å²) < 4.78 is 0. The van der Waals surface area contributed by atoms with Gasteiger partial charge in [-0.25, -0.2) is 0 Å². The molecule has 1 aromatic carbocycles. The molecule has 124 valence electrons. The molecular formula is C18H25N3O2. The Hall–Kier alpha value is -1.88. The molecule has 1 N–H and O–H groups in total. The van der Waals surface area contributed by atoms with Crippen LogP contribution in [-0.4, -0.2) is 48.9 Å². The number of nitrogens with zero attached hydrogens (tertiary/aromatic N) is 2. The van der Waals surface area contributed by atoms with Crippen molar-refractivity contribution in [3.05, 3.63) is 29.3 Å². The second-order valence-corrected chi connectivity index (χ2v) is 6.76. The highest BCUT2D eigenvalue weighted by molar-refractivity contribution is 6.09. The lowest BCUT2D eigenvalue weighted by atomic mass is 10.0. The summed E-state index contributed by atoms with van der Waals surface area (Å²) in [6, 6.07) is 6.28. The zero-order chi connectivity index (χ0) is 16.6. The zero-order valence-corrected chi connectivity index (χ0v) is 14.1. The van der Waals surface area contributed by atoms with Gasteiger partial charge in [-0.2, -0.15) is 0 Å². The topological polar surface area (TPSA) is 52.7 Å². The van der Waals surface area contributed by atoms with E-state index in [-0.39, 0.29) is 17.9 Å². The number of benzene rings is 1. The maximum atomic E-state index is 12.8. The fraction of sp³-hybridized carbons (Fsp3) is 0.556. The average Bonchev–Trinajstić information content (AvgIpc) is 2.88. The van der Waals surface area contributed by atoms with Gasteiger partial charge in [-0.3, -0.25) is 9.59 Å². The van der Waals surface area contributed by atoms with E-state index in [1.807, 2.05) is 37.8 Å². The fourth-order valence-electron chi connectivity index (χ4n) is 3.64. The number of nitrogens with one attached hydrogen (secondary N) is 1. The Kier molecular flexibility index (Phi) is 4.39. The third-order valence-electron chi connectivity index (χ3n) is 4.81. The van der Waals surface area contributed by atoms with Crippen LogP contribution in [0.5, 0.6) is 0 Å². The molecule has 2 aliphatic heterocycles. The Bertz CT molecular complexity index is 608. The van der Waals surface area contributed by atoms with Crippen LogP contribution in [0.3, 0.4) is 0 Å². The predicted octanol–water partition coefficient (Wildman–Crippen LogP) is 1.48. The number of anilines is 1. The quantitative estimate of drug-likeness (QED) is 0.841. The molecule has 1 aromatic rings. The van der Waals surface area contributed by atoms with Gasteiger partial charge in [0.25, 0.3) is 0 Å². The van der Waals surface area contributed by atoms with Crippen molar-refractivity contribution in [2.75, 3.05) is 31.1 Å². The van der Waals surface area contributed by atoms with Crippen LogP contribution in [-0.2, 0) is 9.59 Å². The Morgan fingerprint density at radius 1 is 1.17 bits per heavy atom. The first-order valence-corrected chi connectivity index (χ1v) is 8.38. The second-order valence-electron chi connectivity index (χ2n) is 6.76. The minimum absolute atomic E-state index is 0.00382. The number of hydrogen-bond donors (Lipinski definition) is 1. The van der Waals surface area contributed by atoms with E-state index >= 15 is 0 Å². The largest absolute Gasteiger partial charge is 0.337 e. The monoisotopic (exact) mass is 315 g/mol. The van der Waals surface area contributed by atoms with E-state index in [2.05, 4.69) is 11.4 Å². The minimum atomic E-state index is -0.517. The van der Waals surface area contributed by atoms with Gasteiger partial charge in [-0.1, -0.05) is 6.07 Å². The standard InChI is InChI=1S/C18H25N3O2/c1-12-8-13(2)10-15(9-12)21-6-4-16(18(21)23)17(22)20-7-5-19-11-14(20)3/h8-10,14,16,19H,4-7,11H2,1-3H3/t14-,16?/m0/s1. The van der Waals surface area contributed by atoms with E-state index in [9.17, 15) is 9.59 Å². The minimum Gasteiger partial charge on any atom is -0.337 e. The van der Waals surface area contributed by atoms with E-state index < -0.39 is 5.92 Å². The molecule has 2 atom stereocenters. The SMILES string of the molecule is Cc1cc(C)cc(N2CCC(C(=O)N3CCNC[C@@H]3C)C2=O)c1. The summed E-state index contributed by atoms with van der Waals surface area (Å²) in [6.45, 7) is 9.01. The lowest BCUT2D eigenvalue weighted by Gasteiger charge is -2.35. The van der Waals surface area contributed by atoms with Gasteiger partial charge in [0, 0.05) is 37.9 Å². The zero-order valence-electron chi connectivity index (χ0n) is 14.1. The van der Waals surface area contributed by atoms with Crippen molar-refractivity contribution in [3.8, 4) is 0 Å². The molecule has 0 aromatic heterocycles. The molecule has 2 heterocycles. The van der Waals surface area contributed by atoms with Crippen molar-refractivity contribution in [3.63, 3.8) is 0 Å². The fourth-order valence-corrected chi connectivity index (χ4v) is 3.64. The molecule has 23 heavy (non-hydrogen) atoms. The summed E-state index contributed by atoms with van der Waals surface area (Å²) >= 11 is 0. The molecule has 0 aliphatic carbocycles. The van der Waals surface area contributed by atoms with Crippen LogP contribution in [0.25, 0.3) is 0 Å². The third kappa shape index (κ3) is 3.11. The summed E-state index contributed by atoms with van der Waals surface area (Å²) in [6.07, 6.45) is 0.612. The van der Waals surface area contributed by atoms with E-state index in [1.165, 1.54) is 0 Å². The molecule has 0 saturated carbocycles. The number of amides is 2. The van der Waals surface area contributed by atoms with E-state index in [1.54, 1.807) is 4.90 Å². The number of carbonyl (C=O) groups is 2. The third-order valence-corrected chi connectivity index (χ3v) is 4.81. The van der Waals surface area contributed by atoms with Crippen molar-refractivity contribution in [2.24, 2.45) is 5.92 Å². The van der Waals surface area contributed by atoms with Gasteiger partial charge in [0.1, 0.15) is 5.92 Å². The van der Waals surface area contributed by atoms with Crippen LogP contribution in [0, 0.1) is 19.8 Å². The number of aryl methyl sites for hydroxylation is 2. The lowest BCUT2D eigenvalue weighted by molar-refractivity contribution is -0.142. The van der Waals surface area contributed by atoms with Gasteiger partial charge in [0.2, 0.25) is 11.8 Å².